The molecule has 1 aliphatic rings. The fourth-order valence-corrected chi connectivity index (χ4v) is 2.90. The van der Waals surface area contributed by atoms with Crippen molar-refractivity contribution in [2.24, 2.45) is 10.7 Å². The number of rotatable bonds is 4. The van der Waals surface area contributed by atoms with Crippen LogP contribution in [0.3, 0.4) is 0 Å². The van der Waals surface area contributed by atoms with E-state index in [1.54, 1.807) is 13.3 Å². The Hall–Kier alpha value is -1.85. The molecular formula is C15H17ClN4O. The zero-order valence-corrected chi connectivity index (χ0v) is 12.5. The van der Waals surface area contributed by atoms with E-state index < -0.39 is 0 Å². The van der Waals surface area contributed by atoms with Gasteiger partial charge in [0, 0.05) is 35.8 Å². The molecule has 0 aliphatic carbocycles. The first-order valence-corrected chi connectivity index (χ1v) is 7.19. The summed E-state index contributed by atoms with van der Waals surface area (Å²) in [5.74, 6) is 0.552. The second kappa shape index (κ2) is 5.87. The quantitative estimate of drug-likeness (QED) is 0.940. The number of aliphatic imine (C=N–C) groups is 1. The number of aromatic nitrogens is 1. The van der Waals surface area contributed by atoms with Gasteiger partial charge in [-0.15, -0.1) is 0 Å². The SMILES string of the molecule is COCCN1C(N)=NCC1c1ccc(Cl)c2cccnc12. The van der Waals surface area contributed by atoms with Gasteiger partial charge < -0.3 is 15.4 Å². The Kier molecular flexibility index (Phi) is 3.94. The predicted octanol–water partition coefficient (Wildman–Crippen LogP) is 2.21. The van der Waals surface area contributed by atoms with E-state index >= 15 is 0 Å². The van der Waals surface area contributed by atoms with E-state index in [9.17, 15) is 0 Å². The Bertz CT molecular complexity index is 688. The summed E-state index contributed by atoms with van der Waals surface area (Å²) in [7, 11) is 1.68. The van der Waals surface area contributed by atoms with Crippen molar-refractivity contribution in [2.45, 2.75) is 6.04 Å². The van der Waals surface area contributed by atoms with Crippen molar-refractivity contribution in [1.82, 2.24) is 9.88 Å². The van der Waals surface area contributed by atoms with Crippen molar-refractivity contribution >= 4 is 28.5 Å². The molecule has 1 aromatic heterocycles. The third kappa shape index (κ3) is 2.54. The van der Waals surface area contributed by atoms with Gasteiger partial charge in [0.25, 0.3) is 0 Å². The standard InChI is InChI=1S/C15H17ClN4O/c1-21-8-7-20-13(9-19-15(20)17)11-4-5-12(16)10-3-2-6-18-14(10)11/h2-6,13H,7-9H2,1H3,(H2,17,19). The molecule has 6 heteroatoms. The first-order chi connectivity index (χ1) is 10.2. The topological polar surface area (TPSA) is 63.7 Å². The average molecular weight is 305 g/mol. The third-order valence-corrected chi connectivity index (χ3v) is 4.07. The molecule has 5 nitrogen and oxygen atoms in total. The minimum atomic E-state index is 0.0785. The summed E-state index contributed by atoms with van der Waals surface area (Å²) >= 11 is 6.26. The van der Waals surface area contributed by atoms with E-state index in [0.717, 1.165) is 16.5 Å². The van der Waals surface area contributed by atoms with Gasteiger partial charge in [-0.2, -0.15) is 0 Å². The minimum Gasteiger partial charge on any atom is -0.383 e. The molecule has 0 fully saturated rings. The molecule has 0 radical (unpaired) electrons. The van der Waals surface area contributed by atoms with Crippen LogP contribution in [0.25, 0.3) is 10.9 Å². The second-order valence-corrected chi connectivity index (χ2v) is 5.34. The van der Waals surface area contributed by atoms with Gasteiger partial charge in [-0.05, 0) is 18.2 Å². The van der Waals surface area contributed by atoms with E-state index in [1.807, 2.05) is 24.3 Å². The lowest BCUT2D eigenvalue weighted by Crippen LogP contribution is -2.38. The molecule has 21 heavy (non-hydrogen) atoms. The first kappa shape index (κ1) is 14.1. The van der Waals surface area contributed by atoms with Crippen LogP contribution in [0, 0.1) is 0 Å². The van der Waals surface area contributed by atoms with Crippen LogP contribution < -0.4 is 5.73 Å². The number of hydrogen-bond acceptors (Lipinski definition) is 5. The van der Waals surface area contributed by atoms with Crippen molar-refractivity contribution < 1.29 is 4.74 Å². The number of benzene rings is 1. The molecule has 2 aromatic rings. The van der Waals surface area contributed by atoms with Gasteiger partial charge in [0.05, 0.1) is 24.7 Å². The van der Waals surface area contributed by atoms with Crippen LogP contribution in [0.2, 0.25) is 5.02 Å². The molecular weight excluding hydrogens is 288 g/mol. The summed E-state index contributed by atoms with van der Waals surface area (Å²) in [6.07, 6.45) is 1.78. The summed E-state index contributed by atoms with van der Waals surface area (Å²) in [5, 5.41) is 1.66. The van der Waals surface area contributed by atoms with Crippen molar-refractivity contribution in [2.75, 3.05) is 26.8 Å². The van der Waals surface area contributed by atoms with Gasteiger partial charge in [-0.1, -0.05) is 17.7 Å². The lowest BCUT2D eigenvalue weighted by molar-refractivity contribution is 0.167. The Morgan fingerprint density at radius 1 is 1.43 bits per heavy atom. The summed E-state index contributed by atoms with van der Waals surface area (Å²) in [6, 6.07) is 7.86. The Morgan fingerprint density at radius 2 is 2.29 bits per heavy atom. The van der Waals surface area contributed by atoms with Crippen molar-refractivity contribution in [3.05, 3.63) is 41.0 Å². The van der Waals surface area contributed by atoms with Crippen molar-refractivity contribution in [1.29, 1.82) is 0 Å². The molecule has 0 bridgehead atoms. The van der Waals surface area contributed by atoms with Gasteiger partial charge in [-0.25, -0.2) is 0 Å². The Balaban J connectivity index is 2.02. The second-order valence-electron chi connectivity index (χ2n) is 4.94. The molecule has 1 unspecified atom stereocenters. The molecule has 0 spiro atoms. The van der Waals surface area contributed by atoms with Gasteiger partial charge in [0.1, 0.15) is 0 Å². The van der Waals surface area contributed by atoms with Gasteiger partial charge in [0.15, 0.2) is 5.96 Å². The number of guanidine groups is 1. The molecule has 2 heterocycles. The summed E-state index contributed by atoms with van der Waals surface area (Å²) in [6.45, 7) is 1.93. The number of halogens is 1. The fraction of sp³-hybridized carbons (Fsp3) is 0.333. The highest BCUT2D eigenvalue weighted by Gasteiger charge is 2.29. The van der Waals surface area contributed by atoms with Crippen LogP contribution in [0.1, 0.15) is 11.6 Å². The molecule has 1 atom stereocenters. The maximum Gasteiger partial charge on any atom is 0.192 e. The van der Waals surface area contributed by atoms with Crippen molar-refractivity contribution in [3.63, 3.8) is 0 Å². The molecule has 0 amide bonds. The number of ether oxygens (including phenoxy) is 1. The molecule has 2 N–H and O–H groups in total. The lowest BCUT2D eigenvalue weighted by atomic mass is 10.0. The average Bonchev–Trinajstić information content (AvgIpc) is 2.87. The van der Waals surface area contributed by atoms with Crippen LogP contribution >= 0.6 is 11.6 Å². The molecule has 110 valence electrons. The summed E-state index contributed by atoms with van der Waals surface area (Å²) < 4.78 is 5.15. The number of pyridine rings is 1. The fourth-order valence-electron chi connectivity index (χ4n) is 2.68. The highest BCUT2D eigenvalue weighted by atomic mass is 35.5. The van der Waals surface area contributed by atoms with Gasteiger partial charge in [0.2, 0.25) is 0 Å². The monoisotopic (exact) mass is 304 g/mol. The third-order valence-electron chi connectivity index (χ3n) is 3.74. The van der Waals surface area contributed by atoms with Gasteiger partial charge in [-0.3, -0.25) is 9.98 Å². The van der Waals surface area contributed by atoms with E-state index in [2.05, 4.69) is 14.9 Å². The lowest BCUT2D eigenvalue weighted by Gasteiger charge is -2.27. The predicted molar refractivity (Wildman–Crippen MR) is 84.6 cm³/mol. The number of methoxy groups -OCH3 is 1. The van der Waals surface area contributed by atoms with Gasteiger partial charge >= 0.3 is 0 Å². The van der Waals surface area contributed by atoms with Crippen LogP contribution in [0.15, 0.2) is 35.5 Å². The largest absolute Gasteiger partial charge is 0.383 e. The number of nitrogens with two attached hydrogens (primary N) is 1. The molecule has 0 saturated carbocycles. The van der Waals surface area contributed by atoms with Crippen molar-refractivity contribution in [3.8, 4) is 0 Å². The Morgan fingerprint density at radius 3 is 3.10 bits per heavy atom. The molecule has 3 rings (SSSR count). The molecule has 1 aliphatic heterocycles. The zero-order valence-electron chi connectivity index (χ0n) is 11.8. The highest BCUT2D eigenvalue weighted by molar-refractivity contribution is 6.35. The van der Waals surface area contributed by atoms with E-state index in [0.29, 0.717) is 30.7 Å². The van der Waals surface area contributed by atoms with Crippen LogP contribution in [-0.2, 0) is 4.74 Å². The zero-order chi connectivity index (χ0) is 14.8. The smallest absolute Gasteiger partial charge is 0.192 e. The molecule has 1 aromatic carbocycles. The summed E-state index contributed by atoms with van der Waals surface area (Å²) in [5.41, 5.74) is 7.99. The highest BCUT2D eigenvalue weighted by Crippen LogP contribution is 2.33. The number of hydrogen-bond donors (Lipinski definition) is 1. The normalized spacial score (nSPS) is 18.3. The van der Waals surface area contributed by atoms with E-state index in [1.165, 1.54) is 0 Å². The van der Waals surface area contributed by atoms with E-state index in [4.69, 9.17) is 22.1 Å². The Labute approximate surface area is 128 Å². The summed E-state index contributed by atoms with van der Waals surface area (Å²) in [4.78, 5) is 10.9. The first-order valence-electron chi connectivity index (χ1n) is 6.81. The molecule has 0 saturated heterocycles. The number of fused-ring (bicyclic) bond motifs is 1. The minimum absolute atomic E-state index is 0.0785. The van der Waals surface area contributed by atoms with Crippen LogP contribution in [0.5, 0.6) is 0 Å². The van der Waals surface area contributed by atoms with E-state index in [-0.39, 0.29) is 6.04 Å². The number of nitrogens with zero attached hydrogens (tertiary/aromatic N) is 3. The maximum atomic E-state index is 6.26. The maximum absolute atomic E-state index is 6.26. The van der Waals surface area contributed by atoms with Crippen LogP contribution in [0.4, 0.5) is 0 Å². The van der Waals surface area contributed by atoms with Crippen LogP contribution in [-0.4, -0.2) is 42.6 Å².